The van der Waals surface area contributed by atoms with E-state index in [2.05, 4.69) is 34.6 Å². The summed E-state index contributed by atoms with van der Waals surface area (Å²) >= 11 is 0. The van der Waals surface area contributed by atoms with Crippen LogP contribution in [0.5, 0.6) is 0 Å². The van der Waals surface area contributed by atoms with E-state index < -0.39 is 6.10 Å². The number of hydrogen-bond acceptors (Lipinski definition) is 6. The Bertz CT molecular complexity index is 841. The molecule has 326 valence electrons. The minimum atomic E-state index is -0.762. The van der Waals surface area contributed by atoms with Crippen LogP contribution in [0.15, 0.2) is 0 Å². The van der Waals surface area contributed by atoms with Crippen LogP contribution in [0, 0.1) is 11.8 Å². The molecule has 0 aliphatic carbocycles. The van der Waals surface area contributed by atoms with Crippen molar-refractivity contribution < 1.29 is 28.6 Å². The summed E-state index contributed by atoms with van der Waals surface area (Å²) in [4.78, 5) is 37.7. The van der Waals surface area contributed by atoms with Gasteiger partial charge in [0.2, 0.25) is 0 Å². The Kier molecular flexibility index (Phi) is 40.8. The van der Waals surface area contributed by atoms with Crippen LogP contribution in [0.2, 0.25) is 0 Å². The Morgan fingerprint density at radius 1 is 0.382 bits per heavy atom. The molecule has 0 aromatic carbocycles. The quantitative estimate of drug-likeness (QED) is 0.0348. The fourth-order valence-corrected chi connectivity index (χ4v) is 7.25. The van der Waals surface area contributed by atoms with Gasteiger partial charge in [-0.25, -0.2) is 0 Å². The van der Waals surface area contributed by atoms with Gasteiger partial charge in [0.25, 0.3) is 0 Å². The van der Waals surface area contributed by atoms with Gasteiger partial charge < -0.3 is 14.2 Å². The van der Waals surface area contributed by atoms with E-state index in [9.17, 15) is 14.4 Å². The van der Waals surface area contributed by atoms with Gasteiger partial charge in [0.1, 0.15) is 13.2 Å². The molecule has 0 fully saturated rings. The van der Waals surface area contributed by atoms with Gasteiger partial charge in [-0.15, -0.1) is 0 Å². The molecule has 0 aromatic rings. The van der Waals surface area contributed by atoms with Crippen LogP contribution < -0.4 is 0 Å². The molecule has 0 saturated heterocycles. The van der Waals surface area contributed by atoms with Gasteiger partial charge in [-0.2, -0.15) is 0 Å². The van der Waals surface area contributed by atoms with Crippen molar-refractivity contribution in [1.29, 1.82) is 0 Å². The van der Waals surface area contributed by atoms with Gasteiger partial charge in [0, 0.05) is 19.3 Å². The molecule has 55 heavy (non-hydrogen) atoms. The third kappa shape index (κ3) is 41.9. The summed E-state index contributed by atoms with van der Waals surface area (Å²) in [6.07, 6.45) is 41.1. The van der Waals surface area contributed by atoms with E-state index >= 15 is 0 Å². The largest absolute Gasteiger partial charge is 0.462 e. The maximum Gasteiger partial charge on any atom is 0.306 e. The van der Waals surface area contributed by atoms with Crippen LogP contribution >= 0.6 is 0 Å². The molecule has 0 aliphatic rings. The third-order valence-electron chi connectivity index (χ3n) is 11.3. The maximum atomic E-state index is 12.7. The molecule has 0 amide bonds. The monoisotopic (exact) mass is 779 g/mol. The van der Waals surface area contributed by atoms with E-state index in [1.165, 1.54) is 154 Å². The molecule has 6 nitrogen and oxygen atoms in total. The minimum Gasteiger partial charge on any atom is -0.462 e. The Morgan fingerprint density at radius 3 is 1.04 bits per heavy atom. The van der Waals surface area contributed by atoms with Crippen molar-refractivity contribution in [2.75, 3.05) is 13.2 Å². The lowest BCUT2D eigenvalue weighted by Gasteiger charge is -2.18. The van der Waals surface area contributed by atoms with Crippen molar-refractivity contribution in [3.8, 4) is 0 Å². The number of hydrogen-bond donors (Lipinski definition) is 0. The fraction of sp³-hybridized carbons (Fsp3) is 0.939. The minimum absolute atomic E-state index is 0.0661. The molecule has 0 N–H and O–H groups in total. The molecule has 2 atom stereocenters. The highest BCUT2D eigenvalue weighted by Crippen LogP contribution is 2.17. The third-order valence-corrected chi connectivity index (χ3v) is 11.3. The molecule has 0 radical (unpaired) electrons. The second-order valence-corrected chi connectivity index (χ2v) is 17.5. The van der Waals surface area contributed by atoms with Crippen LogP contribution in [0.3, 0.4) is 0 Å². The lowest BCUT2D eigenvalue weighted by Crippen LogP contribution is -2.30. The van der Waals surface area contributed by atoms with Crippen molar-refractivity contribution in [1.82, 2.24) is 0 Å². The van der Waals surface area contributed by atoms with Gasteiger partial charge in [-0.3, -0.25) is 14.4 Å². The summed E-state index contributed by atoms with van der Waals surface area (Å²) in [7, 11) is 0. The standard InChI is InChI=1S/C49H94O6/c1-6-8-9-10-11-12-13-14-15-16-17-18-19-20-21-22-29-34-39-47(50)53-42-46(55-49(52)41-36-31-25-23-27-32-37-44(3)4)43-54-48(51)40-35-30-26-24-28-33-38-45(5)7-2/h44-46H,6-43H2,1-5H3/t45?,46-/m0/s1. The summed E-state index contributed by atoms with van der Waals surface area (Å²) < 4.78 is 16.7. The first kappa shape index (κ1) is 53.4. The number of ether oxygens (including phenoxy) is 3. The topological polar surface area (TPSA) is 78.9 Å². The van der Waals surface area contributed by atoms with E-state index in [4.69, 9.17) is 14.2 Å². The first-order chi connectivity index (χ1) is 26.8. The Labute approximate surface area is 342 Å². The normalized spacial score (nSPS) is 12.5. The van der Waals surface area contributed by atoms with Crippen molar-refractivity contribution >= 4 is 17.9 Å². The van der Waals surface area contributed by atoms with Gasteiger partial charge in [-0.1, -0.05) is 227 Å². The highest BCUT2D eigenvalue weighted by atomic mass is 16.6. The first-order valence-electron chi connectivity index (χ1n) is 24.3. The number of esters is 3. The van der Waals surface area contributed by atoms with E-state index in [-0.39, 0.29) is 31.1 Å². The number of carbonyl (C=O) groups excluding carboxylic acids is 3. The summed E-state index contributed by atoms with van der Waals surface area (Å²) in [5, 5.41) is 0. The molecule has 0 spiro atoms. The molecular formula is C49H94O6. The average molecular weight is 779 g/mol. The SMILES string of the molecule is CCCCCCCCCCCCCCCCCCCCC(=O)OC[C@@H](COC(=O)CCCCCCCCC(C)CC)OC(=O)CCCCCCCCC(C)C. The zero-order valence-corrected chi connectivity index (χ0v) is 37.6. The number of carbonyl (C=O) groups is 3. The van der Waals surface area contributed by atoms with Crippen molar-refractivity contribution in [2.45, 2.75) is 272 Å². The van der Waals surface area contributed by atoms with E-state index in [0.29, 0.717) is 19.3 Å². The summed E-state index contributed by atoms with van der Waals surface area (Å²) in [6.45, 7) is 11.3. The zero-order valence-electron chi connectivity index (χ0n) is 37.6. The number of rotatable bonds is 43. The molecule has 0 saturated carbocycles. The first-order valence-corrected chi connectivity index (χ1v) is 24.3. The predicted molar refractivity (Wildman–Crippen MR) is 233 cm³/mol. The van der Waals surface area contributed by atoms with E-state index in [1.807, 2.05) is 0 Å². The van der Waals surface area contributed by atoms with Crippen LogP contribution in [0.25, 0.3) is 0 Å². The molecule has 0 aromatic heterocycles. The van der Waals surface area contributed by atoms with Gasteiger partial charge in [0.05, 0.1) is 0 Å². The number of unbranched alkanes of at least 4 members (excludes halogenated alkanes) is 27. The second kappa shape index (κ2) is 42.0. The average Bonchev–Trinajstić information content (AvgIpc) is 3.17. The van der Waals surface area contributed by atoms with Crippen molar-refractivity contribution in [3.63, 3.8) is 0 Å². The Morgan fingerprint density at radius 2 is 0.691 bits per heavy atom. The maximum absolute atomic E-state index is 12.7. The van der Waals surface area contributed by atoms with Crippen molar-refractivity contribution in [2.24, 2.45) is 11.8 Å². The lowest BCUT2D eigenvalue weighted by atomic mass is 10.00. The summed E-state index contributed by atoms with van der Waals surface area (Å²) in [6, 6.07) is 0. The van der Waals surface area contributed by atoms with Crippen LogP contribution in [0.4, 0.5) is 0 Å². The Balaban J connectivity index is 4.22. The van der Waals surface area contributed by atoms with Gasteiger partial charge in [-0.05, 0) is 31.1 Å². The highest BCUT2D eigenvalue weighted by Gasteiger charge is 2.19. The summed E-state index contributed by atoms with van der Waals surface area (Å²) in [5.74, 6) is 0.711. The van der Waals surface area contributed by atoms with Crippen molar-refractivity contribution in [3.05, 3.63) is 0 Å². The molecule has 6 heteroatoms. The summed E-state index contributed by atoms with van der Waals surface area (Å²) in [5.41, 5.74) is 0. The van der Waals surface area contributed by atoms with E-state index in [0.717, 1.165) is 69.6 Å². The second-order valence-electron chi connectivity index (χ2n) is 17.5. The molecule has 0 bridgehead atoms. The van der Waals surface area contributed by atoms with E-state index in [1.54, 1.807) is 0 Å². The smallest absolute Gasteiger partial charge is 0.306 e. The predicted octanol–water partition coefficient (Wildman–Crippen LogP) is 15.4. The Hall–Kier alpha value is -1.59. The fourth-order valence-electron chi connectivity index (χ4n) is 7.25. The highest BCUT2D eigenvalue weighted by molar-refractivity contribution is 5.71. The van der Waals surface area contributed by atoms with Crippen LogP contribution in [-0.2, 0) is 28.6 Å². The molecular weight excluding hydrogens is 685 g/mol. The molecule has 0 heterocycles. The van der Waals surface area contributed by atoms with Gasteiger partial charge >= 0.3 is 17.9 Å². The van der Waals surface area contributed by atoms with Crippen LogP contribution in [0.1, 0.15) is 266 Å². The molecule has 0 rings (SSSR count). The lowest BCUT2D eigenvalue weighted by molar-refractivity contribution is -0.167. The molecule has 1 unspecified atom stereocenters. The molecule has 0 aliphatic heterocycles. The van der Waals surface area contributed by atoms with Crippen LogP contribution in [-0.4, -0.2) is 37.2 Å². The van der Waals surface area contributed by atoms with Gasteiger partial charge in [0.15, 0.2) is 6.10 Å². The zero-order chi connectivity index (χ0) is 40.5.